The lowest BCUT2D eigenvalue weighted by Crippen LogP contribution is -2.44. The van der Waals surface area contributed by atoms with Crippen LogP contribution in [0.2, 0.25) is 0 Å². The van der Waals surface area contributed by atoms with Crippen molar-refractivity contribution in [3.63, 3.8) is 0 Å². The lowest BCUT2D eigenvalue weighted by atomic mass is 9.94. The Morgan fingerprint density at radius 2 is 1.90 bits per heavy atom. The van der Waals surface area contributed by atoms with Crippen molar-refractivity contribution in [3.05, 3.63) is 62.2 Å². The van der Waals surface area contributed by atoms with Crippen LogP contribution in [0.3, 0.4) is 0 Å². The third-order valence-corrected chi connectivity index (χ3v) is 5.68. The number of nitrogens with zero attached hydrogens (tertiary/aromatic N) is 4. The molecule has 4 heterocycles. The zero-order valence-corrected chi connectivity index (χ0v) is 16.9. The molecule has 0 radical (unpaired) electrons. The van der Waals surface area contributed by atoms with Crippen LogP contribution in [-0.2, 0) is 20.3 Å². The molecule has 1 saturated heterocycles. The molecule has 0 bridgehead atoms. The highest BCUT2D eigenvalue weighted by atomic mass is 19.4. The van der Waals surface area contributed by atoms with Crippen LogP contribution in [-0.4, -0.2) is 43.0 Å². The van der Waals surface area contributed by atoms with Crippen LogP contribution >= 0.6 is 0 Å². The Hall–Kier alpha value is -3.37. The van der Waals surface area contributed by atoms with Gasteiger partial charge in [-0.1, -0.05) is 0 Å². The average molecular weight is 435 g/mol. The first kappa shape index (κ1) is 20.9. The Bertz CT molecular complexity index is 1290. The van der Waals surface area contributed by atoms with Gasteiger partial charge in [0.1, 0.15) is 11.4 Å². The van der Waals surface area contributed by atoms with E-state index in [-0.39, 0.29) is 17.1 Å². The normalized spacial score (nSPS) is 17.3. The van der Waals surface area contributed by atoms with E-state index in [0.29, 0.717) is 30.7 Å². The minimum atomic E-state index is -4.53. The van der Waals surface area contributed by atoms with Crippen molar-refractivity contribution in [1.82, 2.24) is 24.0 Å². The van der Waals surface area contributed by atoms with Gasteiger partial charge in [0.25, 0.3) is 11.5 Å². The number of likely N-dealkylation sites (tertiary alicyclic amines) is 1. The summed E-state index contributed by atoms with van der Waals surface area (Å²) >= 11 is 0. The Kier molecular flexibility index (Phi) is 4.98. The lowest BCUT2D eigenvalue weighted by molar-refractivity contribution is -0.140. The number of nitrogens with one attached hydrogen (secondary N) is 1. The average Bonchev–Trinajstić information content (AvgIpc) is 3.17. The van der Waals surface area contributed by atoms with Gasteiger partial charge in [-0.3, -0.25) is 18.7 Å². The van der Waals surface area contributed by atoms with Gasteiger partial charge in [-0.05, 0) is 31.0 Å². The Morgan fingerprint density at radius 3 is 2.61 bits per heavy atom. The third kappa shape index (κ3) is 3.75. The van der Waals surface area contributed by atoms with Crippen LogP contribution in [0.1, 0.15) is 40.6 Å². The van der Waals surface area contributed by atoms with Gasteiger partial charge in [-0.15, -0.1) is 0 Å². The number of H-pyrrole nitrogens is 1. The summed E-state index contributed by atoms with van der Waals surface area (Å²) in [6.45, 7) is 0.761. The fourth-order valence-electron chi connectivity index (χ4n) is 3.92. The molecule has 8 nitrogen and oxygen atoms in total. The third-order valence-electron chi connectivity index (χ3n) is 5.68. The SMILES string of the molecule is Cn1c(C(=O)N2CCCC(c3cc4nc(C(F)(F)F)ccc4[nH]3)C2)cc(=O)n(C)c1=O. The van der Waals surface area contributed by atoms with Crippen LogP contribution in [0.15, 0.2) is 33.9 Å². The highest BCUT2D eigenvalue weighted by Crippen LogP contribution is 2.32. The summed E-state index contributed by atoms with van der Waals surface area (Å²) in [6.07, 6.45) is -3.12. The van der Waals surface area contributed by atoms with Gasteiger partial charge in [-0.25, -0.2) is 9.78 Å². The molecule has 0 aliphatic carbocycles. The molecule has 3 aromatic heterocycles. The maximum absolute atomic E-state index is 13.0. The first-order valence-corrected chi connectivity index (χ1v) is 9.69. The number of carbonyl (C=O) groups excluding carboxylic acids is 1. The predicted molar refractivity (Wildman–Crippen MR) is 106 cm³/mol. The number of hydrogen-bond acceptors (Lipinski definition) is 4. The van der Waals surface area contributed by atoms with Gasteiger partial charge in [0.2, 0.25) is 0 Å². The fourth-order valence-corrected chi connectivity index (χ4v) is 3.92. The lowest BCUT2D eigenvalue weighted by Gasteiger charge is -2.32. The number of aromatic nitrogens is 4. The zero-order valence-electron chi connectivity index (χ0n) is 16.9. The molecule has 1 atom stereocenters. The summed E-state index contributed by atoms with van der Waals surface area (Å²) in [5.74, 6) is -0.569. The van der Waals surface area contributed by atoms with Crippen LogP contribution < -0.4 is 11.2 Å². The van der Waals surface area contributed by atoms with Crippen LogP contribution in [0.4, 0.5) is 13.2 Å². The van der Waals surface area contributed by atoms with E-state index >= 15 is 0 Å². The van der Waals surface area contributed by atoms with Crippen molar-refractivity contribution in [2.75, 3.05) is 13.1 Å². The zero-order chi connectivity index (χ0) is 22.5. The highest BCUT2D eigenvalue weighted by molar-refractivity contribution is 5.92. The van der Waals surface area contributed by atoms with Gasteiger partial charge < -0.3 is 9.88 Å². The van der Waals surface area contributed by atoms with E-state index in [1.54, 1.807) is 11.0 Å². The quantitative estimate of drug-likeness (QED) is 0.667. The van der Waals surface area contributed by atoms with Crippen molar-refractivity contribution in [1.29, 1.82) is 0 Å². The second kappa shape index (κ2) is 7.40. The Labute approximate surface area is 173 Å². The van der Waals surface area contributed by atoms with Crippen LogP contribution in [0.5, 0.6) is 0 Å². The van der Waals surface area contributed by atoms with Crippen LogP contribution in [0.25, 0.3) is 11.0 Å². The molecule has 0 spiro atoms. The van der Waals surface area contributed by atoms with Gasteiger partial charge in [0, 0.05) is 44.9 Å². The van der Waals surface area contributed by atoms with Gasteiger partial charge in [0.05, 0.1) is 11.0 Å². The monoisotopic (exact) mass is 435 g/mol. The van der Waals surface area contributed by atoms with Crippen molar-refractivity contribution < 1.29 is 18.0 Å². The van der Waals surface area contributed by atoms with Crippen molar-refractivity contribution in [2.45, 2.75) is 24.9 Å². The number of amides is 1. The van der Waals surface area contributed by atoms with E-state index in [1.165, 1.54) is 20.2 Å². The molecule has 1 aliphatic heterocycles. The first-order valence-electron chi connectivity index (χ1n) is 9.69. The van der Waals surface area contributed by atoms with Crippen LogP contribution in [0, 0.1) is 0 Å². The summed E-state index contributed by atoms with van der Waals surface area (Å²) < 4.78 is 40.8. The van der Waals surface area contributed by atoms with E-state index in [0.717, 1.165) is 27.7 Å². The topological polar surface area (TPSA) is 93.0 Å². The molecule has 0 aromatic carbocycles. The van der Waals surface area contributed by atoms with E-state index in [2.05, 4.69) is 9.97 Å². The first-order chi connectivity index (χ1) is 14.6. The van der Waals surface area contributed by atoms with Crippen molar-refractivity contribution >= 4 is 16.9 Å². The van der Waals surface area contributed by atoms with E-state index in [9.17, 15) is 27.6 Å². The number of hydrogen-bond donors (Lipinski definition) is 1. The molecule has 0 saturated carbocycles. The fraction of sp³-hybridized carbons (Fsp3) is 0.400. The van der Waals surface area contributed by atoms with E-state index < -0.39 is 29.0 Å². The second-order valence-corrected chi connectivity index (χ2v) is 7.71. The summed E-state index contributed by atoms with van der Waals surface area (Å²) in [7, 11) is 2.77. The Balaban J connectivity index is 1.61. The number of fused-ring (bicyclic) bond motifs is 1. The molecule has 11 heteroatoms. The summed E-state index contributed by atoms with van der Waals surface area (Å²) in [5, 5.41) is 0. The molecule has 3 aromatic rings. The summed E-state index contributed by atoms with van der Waals surface area (Å²) in [5.41, 5.74) is -0.729. The summed E-state index contributed by atoms with van der Waals surface area (Å²) in [6, 6.07) is 4.99. The number of pyridine rings is 1. The van der Waals surface area contributed by atoms with Gasteiger partial charge in [0.15, 0.2) is 0 Å². The molecular weight excluding hydrogens is 415 g/mol. The number of halogens is 3. The molecule has 164 valence electrons. The smallest absolute Gasteiger partial charge is 0.357 e. The predicted octanol–water partition coefficient (Wildman–Crippen LogP) is 2.00. The Morgan fingerprint density at radius 1 is 1.16 bits per heavy atom. The molecule has 1 amide bonds. The van der Waals surface area contributed by atoms with Gasteiger partial charge >= 0.3 is 11.9 Å². The highest BCUT2D eigenvalue weighted by Gasteiger charge is 2.33. The molecular formula is C20H20F3N5O3. The molecule has 1 N–H and O–H groups in total. The minimum absolute atomic E-state index is 0.00174. The molecule has 31 heavy (non-hydrogen) atoms. The van der Waals surface area contributed by atoms with E-state index in [1.807, 2.05) is 0 Å². The molecule has 1 aliphatic rings. The maximum Gasteiger partial charge on any atom is 0.433 e. The standard InChI is InChI=1S/C20H20F3N5O3/c1-26-15(9-17(29)27(2)19(26)31)18(30)28-7-3-4-11(10-28)13-8-14-12(24-13)5-6-16(25-14)20(21,22)23/h5-6,8-9,11,24H,3-4,7,10H2,1-2H3. The number of aromatic amines is 1. The number of piperidine rings is 1. The number of alkyl halides is 3. The minimum Gasteiger partial charge on any atom is -0.357 e. The summed E-state index contributed by atoms with van der Waals surface area (Å²) in [4.78, 5) is 45.5. The van der Waals surface area contributed by atoms with Gasteiger partial charge in [-0.2, -0.15) is 13.2 Å². The maximum atomic E-state index is 13.0. The number of carbonyl (C=O) groups is 1. The molecule has 1 fully saturated rings. The molecule has 4 rings (SSSR count). The largest absolute Gasteiger partial charge is 0.433 e. The molecule has 1 unspecified atom stereocenters. The van der Waals surface area contributed by atoms with Crippen molar-refractivity contribution in [2.24, 2.45) is 14.1 Å². The number of rotatable bonds is 2. The van der Waals surface area contributed by atoms with Crippen molar-refractivity contribution in [3.8, 4) is 0 Å². The second-order valence-electron chi connectivity index (χ2n) is 7.71. The van der Waals surface area contributed by atoms with E-state index in [4.69, 9.17) is 0 Å².